The second-order valence-electron chi connectivity index (χ2n) is 4.51. The van der Waals surface area contributed by atoms with Gasteiger partial charge in [-0.25, -0.2) is 17.9 Å². The second kappa shape index (κ2) is 7.10. The highest BCUT2D eigenvalue weighted by molar-refractivity contribution is 7.89. The first-order valence-electron chi connectivity index (χ1n) is 6.04. The lowest BCUT2D eigenvalue weighted by Gasteiger charge is -2.11. The number of carbonyl (C=O) groups excluding carboxylic acids is 1. The van der Waals surface area contributed by atoms with Gasteiger partial charge in [0.05, 0.1) is 4.90 Å². The third-order valence-corrected chi connectivity index (χ3v) is 4.67. The lowest BCUT2D eigenvalue weighted by molar-refractivity contribution is 0.0952. The molecule has 1 rings (SSSR count). The van der Waals surface area contributed by atoms with Crippen molar-refractivity contribution >= 4 is 26.7 Å². The van der Waals surface area contributed by atoms with E-state index in [9.17, 15) is 21.8 Å². The Kier molecular flexibility index (Phi) is 5.99. The molecule has 3 N–H and O–H groups in total. The smallest absolute Gasteiger partial charge is 0.251 e. The number of rotatable bonds is 6. The predicted molar refractivity (Wildman–Crippen MR) is 78.4 cm³/mol. The van der Waals surface area contributed by atoms with Crippen LogP contribution in [-0.2, 0) is 20.8 Å². The lowest BCUT2D eigenvalue weighted by atomic mass is 10.1. The summed E-state index contributed by atoms with van der Waals surface area (Å²) in [5.74, 6) is -1.02. The van der Waals surface area contributed by atoms with Gasteiger partial charge in [-0.1, -0.05) is 0 Å². The Morgan fingerprint density at radius 3 is 2.57 bits per heavy atom. The van der Waals surface area contributed by atoms with Crippen LogP contribution in [0, 0.1) is 12.7 Å². The molecule has 118 valence electrons. The summed E-state index contributed by atoms with van der Waals surface area (Å²) in [6.07, 6.45) is 2.06. The maximum absolute atomic E-state index is 13.5. The fourth-order valence-corrected chi connectivity index (χ4v) is 3.12. The molecule has 0 spiro atoms. The van der Waals surface area contributed by atoms with Crippen LogP contribution in [0.3, 0.4) is 0 Å². The van der Waals surface area contributed by atoms with E-state index >= 15 is 0 Å². The first kappa shape index (κ1) is 17.7. The van der Waals surface area contributed by atoms with Gasteiger partial charge < -0.3 is 5.32 Å². The van der Waals surface area contributed by atoms with Gasteiger partial charge in [0, 0.05) is 34.9 Å². The van der Waals surface area contributed by atoms with Crippen LogP contribution in [0.1, 0.15) is 22.3 Å². The third-order valence-electron chi connectivity index (χ3n) is 2.77. The SMILES string of the molecule is Cc1c(C(=O)NCCCS(C)=O)cc(F)cc1S(N)(=O)=O. The molecular formula is C12H17FN2O4S2. The molecule has 1 amide bonds. The lowest BCUT2D eigenvalue weighted by Crippen LogP contribution is -2.27. The average molecular weight is 336 g/mol. The summed E-state index contributed by atoms with van der Waals surface area (Å²) in [6.45, 7) is 1.65. The topological polar surface area (TPSA) is 106 Å². The number of sulfonamides is 1. The van der Waals surface area contributed by atoms with Gasteiger partial charge in [0.15, 0.2) is 0 Å². The normalized spacial score (nSPS) is 13.0. The maximum Gasteiger partial charge on any atom is 0.251 e. The van der Waals surface area contributed by atoms with Crippen molar-refractivity contribution in [3.8, 4) is 0 Å². The van der Waals surface area contributed by atoms with Crippen molar-refractivity contribution in [2.45, 2.75) is 18.2 Å². The molecule has 0 aliphatic heterocycles. The molecule has 0 saturated heterocycles. The van der Waals surface area contributed by atoms with Crippen molar-refractivity contribution < 1.29 is 21.8 Å². The first-order valence-corrected chi connectivity index (χ1v) is 9.31. The molecule has 0 saturated carbocycles. The van der Waals surface area contributed by atoms with E-state index in [2.05, 4.69) is 5.32 Å². The number of halogens is 1. The highest BCUT2D eigenvalue weighted by Gasteiger charge is 2.19. The fourth-order valence-electron chi connectivity index (χ4n) is 1.76. The van der Waals surface area contributed by atoms with Gasteiger partial charge in [-0.2, -0.15) is 0 Å². The number of hydrogen-bond donors (Lipinski definition) is 2. The van der Waals surface area contributed by atoms with Crippen molar-refractivity contribution in [2.24, 2.45) is 5.14 Å². The number of nitrogens with two attached hydrogens (primary N) is 1. The molecule has 0 bridgehead atoms. The molecule has 1 aromatic carbocycles. The molecule has 0 fully saturated rings. The molecule has 0 aromatic heterocycles. The highest BCUT2D eigenvalue weighted by Crippen LogP contribution is 2.20. The predicted octanol–water partition coefficient (Wildman–Crippen LogP) is 0.280. The van der Waals surface area contributed by atoms with Crippen molar-refractivity contribution in [1.82, 2.24) is 5.32 Å². The standard InChI is InChI=1S/C12H17FN2O4S2/c1-8-10(12(16)15-4-3-5-20(2)17)6-9(13)7-11(8)21(14,18)19/h6-7H,3-5H2,1-2H3,(H,15,16)(H2,14,18,19). The van der Waals surface area contributed by atoms with Crippen LogP contribution in [-0.4, -0.2) is 37.1 Å². The molecule has 0 aliphatic carbocycles. The molecule has 6 nitrogen and oxygen atoms in total. The van der Waals surface area contributed by atoms with E-state index in [1.54, 1.807) is 6.26 Å². The van der Waals surface area contributed by atoms with Crippen LogP contribution in [0.4, 0.5) is 4.39 Å². The number of hydrogen-bond acceptors (Lipinski definition) is 4. The van der Waals surface area contributed by atoms with Gasteiger partial charge >= 0.3 is 0 Å². The van der Waals surface area contributed by atoms with Crippen LogP contribution in [0.2, 0.25) is 0 Å². The summed E-state index contributed by atoms with van der Waals surface area (Å²) in [6, 6.07) is 1.74. The Balaban J connectivity index is 2.95. The molecule has 1 aromatic rings. The van der Waals surface area contributed by atoms with E-state index in [0.29, 0.717) is 12.2 Å². The second-order valence-corrected chi connectivity index (χ2v) is 7.59. The van der Waals surface area contributed by atoms with Crippen molar-refractivity contribution in [3.05, 3.63) is 29.1 Å². The summed E-state index contributed by atoms with van der Waals surface area (Å²) >= 11 is 0. The zero-order valence-electron chi connectivity index (χ0n) is 11.7. The Hall–Kier alpha value is -1.32. The van der Waals surface area contributed by atoms with Crippen molar-refractivity contribution in [3.63, 3.8) is 0 Å². The third kappa shape index (κ3) is 5.18. The van der Waals surface area contributed by atoms with Gasteiger partial charge in [-0.05, 0) is 31.0 Å². The summed E-state index contributed by atoms with van der Waals surface area (Å²) in [5, 5.41) is 7.52. The summed E-state index contributed by atoms with van der Waals surface area (Å²) in [5.41, 5.74) is 0.00659. The largest absolute Gasteiger partial charge is 0.352 e. The summed E-state index contributed by atoms with van der Waals surface area (Å²) < 4.78 is 47.1. The van der Waals surface area contributed by atoms with E-state index in [0.717, 1.165) is 12.1 Å². The molecule has 0 radical (unpaired) electrons. The van der Waals surface area contributed by atoms with E-state index in [4.69, 9.17) is 5.14 Å². The number of primary sulfonamides is 1. The average Bonchev–Trinajstić information content (AvgIpc) is 2.35. The molecule has 9 heteroatoms. The van der Waals surface area contributed by atoms with Gasteiger partial charge in [0.1, 0.15) is 5.82 Å². The zero-order valence-corrected chi connectivity index (χ0v) is 13.3. The van der Waals surface area contributed by atoms with Crippen LogP contribution in [0.25, 0.3) is 0 Å². The Bertz CT molecular complexity index is 674. The van der Waals surface area contributed by atoms with Crippen LogP contribution in [0.15, 0.2) is 17.0 Å². The molecular weight excluding hydrogens is 319 g/mol. The number of amides is 1. The molecule has 21 heavy (non-hydrogen) atoms. The van der Waals surface area contributed by atoms with Gasteiger partial charge in [0.2, 0.25) is 10.0 Å². The summed E-state index contributed by atoms with van der Waals surface area (Å²) in [7, 11) is -5.06. The maximum atomic E-state index is 13.5. The highest BCUT2D eigenvalue weighted by atomic mass is 32.2. The molecule has 1 unspecified atom stereocenters. The number of nitrogens with one attached hydrogen (secondary N) is 1. The van der Waals surface area contributed by atoms with Crippen LogP contribution >= 0.6 is 0 Å². The van der Waals surface area contributed by atoms with Gasteiger partial charge in [-0.15, -0.1) is 0 Å². The van der Waals surface area contributed by atoms with E-state index in [1.165, 1.54) is 6.92 Å². The van der Waals surface area contributed by atoms with E-state index < -0.39 is 37.4 Å². The minimum Gasteiger partial charge on any atom is -0.352 e. The van der Waals surface area contributed by atoms with Crippen molar-refractivity contribution in [2.75, 3.05) is 18.6 Å². The molecule has 0 heterocycles. The molecule has 0 aliphatic rings. The van der Waals surface area contributed by atoms with Crippen LogP contribution < -0.4 is 10.5 Å². The minimum absolute atomic E-state index is 0.0864. The number of carbonyl (C=O) groups is 1. The number of benzene rings is 1. The quantitative estimate of drug-likeness (QED) is 0.728. The van der Waals surface area contributed by atoms with Crippen LogP contribution in [0.5, 0.6) is 0 Å². The first-order chi connectivity index (χ1) is 9.62. The Morgan fingerprint density at radius 2 is 2.05 bits per heavy atom. The fraction of sp³-hybridized carbons (Fsp3) is 0.417. The van der Waals surface area contributed by atoms with Gasteiger partial charge in [0.25, 0.3) is 5.91 Å². The molecule has 1 atom stereocenters. The van der Waals surface area contributed by atoms with E-state index in [1.807, 2.05) is 0 Å². The summed E-state index contributed by atoms with van der Waals surface area (Å²) in [4.78, 5) is 11.5. The monoisotopic (exact) mass is 336 g/mol. The van der Waals surface area contributed by atoms with E-state index in [-0.39, 0.29) is 17.7 Å². The van der Waals surface area contributed by atoms with Crippen molar-refractivity contribution in [1.29, 1.82) is 0 Å². The van der Waals surface area contributed by atoms with Gasteiger partial charge in [-0.3, -0.25) is 9.00 Å². The Morgan fingerprint density at radius 1 is 1.43 bits per heavy atom. The minimum atomic E-state index is -4.11. The zero-order chi connectivity index (χ0) is 16.2. The Labute approximate surface area is 125 Å².